The van der Waals surface area contributed by atoms with Crippen molar-refractivity contribution in [3.63, 3.8) is 0 Å². The summed E-state index contributed by atoms with van der Waals surface area (Å²) in [5.74, 6) is 0.0850. The molecule has 2 aromatic heterocycles. The number of aromatic nitrogens is 2. The number of hydrogen-bond donors (Lipinski definition) is 0. The molecule has 1 amide bonds. The standard InChI is InChI=1S/C21H23N3O2S/c1-14-15(2)27-19-18(14)21(26)24(13-22-19)12-16-7-6-8-17(11-16)20(25)23-9-4-3-5-10-23/h6-8,11,13H,3-5,9-10,12H2,1-2H3. The van der Waals surface area contributed by atoms with Gasteiger partial charge in [-0.3, -0.25) is 14.2 Å². The van der Waals surface area contributed by atoms with E-state index < -0.39 is 0 Å². The fourth-order valence-electron chi connectivity index (χ4n) is 3.66. The summed E-state index contributed by atoms with van der Waals surface area (Å²) >= 11 is 1.56. The predicted molar refractivity (Wildman–Crippen MR) is 109 cm³/mol. The Morgan fingerprint density at radius 1 is 1.19 bits per heavy atom. The van der Waals surface area contributed by atoms with E-state index in [-0.39, 0.29) is 11.5 Å². The second kappa shape index (κ2) is 7.27. The number of hydrogen-bond acceptors (Lipinski definition) is 4. The maximum Gasteiger partial charge on any atom is 0.262 e. The molecule has 0 atom stereocenters. The molecule has 0 bridgehead atoms. The molecule has 0 spiro atoms. The number of benzene rings is 1. The zero-order valence-electron chi connectivity index (χ0n) is 15.7. The third-order valence-electron chi connectivity index (χ3n) is 5.33. The zero-order chi connectivity index (χ0) is 19.0. The van der Waals surface area contributed by atoms with E-state index >= 15 is 0 Å². The van der Waals surface area contributed by atoms with Gasteiger partial charge in [-0.1, -0.05) is 12.1 Å². The van der Waals surface area contributed by atoms with E-state index in [0.29, 0.717) is 17.5 Å². The first-order valence-electron chi connectivity index (χ1n) is 9.38. The Balaban J connectivity index is 1.63. The van der Waals surface area contributed by atoms with Crippen LogP contribution in [-0.4, -0.2) is 33.4 Å². The van der Waals surface area contributed by atoms with E-state index in [1.165, 1.54) is 6.42 Å². The van der Waals surface area contributed by atoms with Gasteiger partial charge in [-0.25, -0.2) is 4.98 Å². The van der Waals surface area contributed by atoms with Crippen molar-refractivity contribution in [1.82, 2.24) is 14.5 Å². The molecular formula is C21H23N3O2S. The van der Waals surface area contributed by atoms with Crippen molar-refractivity contribution >= 4 is 27.5 Å². The topological polar surface area (TPSA) is 55.2 Å². The normalized spacial score (nSPS) is 14.7. The molecule has 1 aliphatic rings. The summed E-state index contributed by atoms with van der Waals surface area (Å²) < 4.78 is 1.63. The molecule has 140 valence electrons. The van der Waals surface area contributed by atoms with Gasteiger partial charge in [0, 0.05) is 23.5 Å². The van der Waals surface area contributed by atoms with Gasteiger partial charge >= 0.3 is 0 Å². The molecule has 5 nitrogen and oxygen atoms in total. The van der Waals surface area contributed by atoms with Crippen LogP contribution in [0.4, 0.5) is 0 Å². The van der Waals surface area contributed by atoms with E-state index in [2.05, 4.69) is 4.98 Å². The van der Waals surface area contributed by atoms with Gasteiger partial charge in [0.05, 0.1) is 18.3 Å². The molecule has 1 aromatic carbocycles. The molecule has 27 heavy (non-hydrogen) atoms. The van der Waals surface area contributed by atoms with Crippen molar-refractivity contribution in [2.24, 2.45) is 0 Å². The van der Waals surface area contributed by atoms with E-state index in [1.54, 1.807) is 22.2 Å². The lowest BCUT2D eigenvalue weighted by atomic mass is 10.1. The minimum atomic E-state index is -0.0189. The smallest absolute Gasteiger partial charge is 0.262 e. The van der Waals surface area contributed by atoms with Crippen molar-refractivity contribution in [3.8, 4) is 0 Å². The summed E-state index contributed by atoms with van der Waals surface area (Å²) in [6.45, 7) is 6.07. The van der Waals surface area contributed by atoms with Crippen molar-refractivity contribution in [1.29, 1.82) is 0 Å². The van der Waals surface area contributed by atoms with Crippen LogP contribution in [0, 0.1) is 13.8 Å². The van der Waals surface area contributed by atoms with Crippen LogP contribution in [0.1, 0.15) is 45.6 Å². The van der Waals surface area contributed by atoms with Crippen LogP contribution in [0.2, 0.25) is 0 Å². The molecule has 0 saturated carbocycles. The summed E-state index contributed by atoms with van der Waals surface area (Å²) in [5.41, 5.74) is 2.62. The molecule has 3 aromatic rings. The molecule has 0 N–H and O–H groups in total. The van der Waals surface area contributed by atoms with Crippen molar-refractivity contribution in [3.05, 3.63) is 62.5 Å². The van der Waals surface area contributed by atoms with Crippen LogP contribution in [0.3, 0.4) is 0 Å². The lowest BCUT2D eigenvalue weighted by molar-refractivity contribution is 0.0724. The second-order valence-corrected chi connectivity index (χ2v) is 8.40. The van der Waals surface area contributed by atoms with E-state index in [9.17, 15) is 9.59 Å². The fraction of sp³-hybridized carbons (Fsp3) is 0.381. The Kier molecular flexibility index (Phi) is 4.83. The highest BCUT2D eigenvalue weighted by Gasteiger charge is 2.18. The molecule has 1 fully saturated rings. The maximum atomic E-state index is 12.9. The number of carbonyl (C=O) groups is 1. The summed E-state index contributed by atoms with van der Waals surface area (Å²) in [6, 6.07) is 7.61. The van der Waals surface area contributed by atoms with E-state index in [4.69, 9.17) is 0 Å². The van der Waals surface area contributed by atoms with Gasteiger partial charge in [0.2, 0.25) is 0 Å². The second-order valence-electron chi connectivity index (χ2n) is 7.19. The average molecular weight is 382 g/mol. The minimum Gasteiger partial charge on any atom is -0.339 e. The van der Waals surface area contributed by atoms with Crippen LogP contribution in [0.25, 0.3) is 10.2 Å². The van der Waals surface area contributed by atoms with Gasteiger partial charge < -0.3 is 4.90 Å². The number of thiophene rings is 1. The predicted octanol–water partition coefficient (Wildman–Crippen LogP) is 3.75. The molecule has 3 heterocycles. The third-order valence-corrected chi connectivity index (χ3v) is 6.44. The van der Waals surface area contributed by atoms with Gasteiger partial charge in [0.1, 0.15) is 4.83 Å². The highest BCUT2D eigenvalue weighted by Crippen LogP contribution is 2.25. The van der Waals surface area contributed by atoms with Gasteiger partial charge in [0.15, 0.2) is 0 Å². The Labute approximate surface area is 162 Å². The first-order chi connectivity index (χ1) is 13.0. The molecule has 1 aliphatic heterocycles. The van der Waals surface area contributed by atoms with Crippen molar-refractivity contribution in [2.75, 3.05) is 13.1 Å². The molecule has 6 heteroatoms. The highest BCUT2D eigenvalue weighted by atomic mass is 32.1. The van der Waals surface area contributed by atoms with Gasteiger partial charge in [0.25, 0.3) is 11.5 Å². The number of fused-ring (bicyclic) bond motifs is 1. The Hall–Kier alpha value is -2.47. The summed E-state index contributed by atoms with van der Waals surface area (Å²) in [5, 5.41) is 0.709. The molecule has 4 rings (SSSR count). The van der Waals surface area contributed by atoms with E-state index in [1.807, 2.05) is 43.0 Å². The van der Waals surface area contributed by atoms with Gasteiger partial charge in [-0.15, -0.1) is 11.3 Å². The summed E-state index contributed by atoms with van der Waals surface area (Å²) in [6.07, 6.45) is 4.96. The Morgan fingerprint density at radius 3 is 2.74 bits per heavy atom. The average Bonchev–Trinajstić information content (AvgIpc) is 2.99. The first-order valence-corrected chi connectivity index (χ1v) is 10.2. The molecule has 0 radical (unpaired) electrons. The number of piperidine rings is 1. The van der Waals surface area contributed by atoms with Gasteiger partial charge in [-0.05, 0) is 56.4 Å². The summed E-state index contributed by atoms with van der Waals surface area (Å²) in [7, 11) is 0. The Bertz CT molecular complexity index is 1060. The molecule has 1 saturated heterocycles. The molecule has 0 unspecified atom stereocenters. The SMILES string of the molecule is Cc1sc2ncn(Cc3cccc(C(=O)N4CCCCC4)c3)c(=O)c2c1C. The Morgan fingerprint density at radius 2 is 1.96 bits per heavy atom. The van der Waals surface area contributed by atoms with Crippen LogP contribution in [0.15, 0.2) is 35.4 Å². The van der Waals surface area contributed by atoms with Crippen LogP contribution >= 0.6 is 11.3 Å². The zero-order valence-corrected chi connectivity index (χ0v) is 16.5. The first kappa shape index (κ1) is 17.9. The number of carbonyl (C=O) groups excluding carboxylic acids is 1. The van der Waals surface area contributed by atoms with Crippen molar-refractivity contribution in [2.45, 2.75) is 39.7 Å². The number of aryl methyl sites for hydroxylation is 2. The summed E-state index contributed by atoms with van der Waals surface area (Å²) in [4.78, 5) is 33.9. The van der Waals surface area contributed by atoms with Crippen LogP contribution < -0.4 is 5.56 Å². The lowest BCUT2D eigenvalue weighted by Crippen LogP contribution is -2.35. The number of likely N-dealkylation sites (tertiary alicyclic amines) is 1. The monoisotopic (exact) mass is 381 g/mol. The number of rotatable bonds is 3. The maximum absolute atomic E-state index is 12.9. The largest absolute Gasteiger partial charge is 0.339 e. The number of nitrogens with zero attached hydrogens (tertiary/aromatic N) is 3. The van der Waals surface area contributed by atoms with Crippen molar-refractivity contribution < 1.29 is 4.79 Å². The van der Waals surface area contributed by atoms with Gasteiger partial charge in [-0.2, -0.15) is 0 Å². The quantitative estimate of drug-likeness (QED) is 0.694. The minimum absolute atomic E-state index is 0.0189. The molecular weight excluding hydrogens is 358 g/mol. The lowest BCUT2D eigenvalue weighted by Gasteiger charge is -2.26. The van der Waals surface area contributed by atoms with E-state index in [0.717, 1.165) is 46.8 Å². The highest BCUT2D eigenvalue weighted by molar-refractivity contribution is 7.18. The van der Waals surface area contributed by atoms with Crippen LogP contribution in [0.5, 0.6) is 0 Å². The third kappa shape index (κ3) is 3.41. The number of amides is 1. The fourth-order valence-corrected chi connectivity index (χ4v) is 4.65. The van der Waals surface area contributed by atoms with Crippen LogP contribution in [-0.2, 0) is 6.54 Å². The molecule has 0 aliphatic carbocycles.